The van der Waals surface area contributed by atoms with Gasteiger partial charge in [-0.15, -0.1) is 0 Å². The molecule has 2 nitrogen and oxygen atoms in total. The Bertz CT molecular complexity index is 353. The maximum Gasteiger partial charge on any atom is 0.0224 e. The van der Waals surface area contributed by atoms with Crippen molar-refractivity contribution in [3.63, 3.8) is 0 Å². The average molecular weight is 290 g/mol. The molecule has 0 amide bonds. The molecule has 1 aliphatic heterocycles. The molecule has 2 atom stereocenters. The Hall–Kier alpha value is -0.0800. The van der Waals surface area contributed by atoms with Crippen LogP contribution in [0.5, 0.6) is 0 Å². The summed E-state index contributed by atoms with van der Waals surface area (Å²) in [5.41, 5.74) is 0.780. The van der Waals surface area contributed by atoms with Gasteiger partial charge in [0.15, 0.2) is 0 Å². The average Bonchev–Trinajstić information content (AvgIpc) is 3.41. The first-order chi connectivity index (χ1) is 10.3. The second-order valence-corrected chi connectivity index (χ2v) is 8.54. The predicted octanol–water partition coefficient (Wildman–Crippen LogP) is 3.81. The summed E-state index contributed by atoms with van der Waals surface area (Å²) in [4.78, 5) is 2.92. The van der Waals surface area contributed by atoms with E-state index in [4.69, 9.17) is 0 Å². The van der Waals surface area contributed by atoms with E-state index in [0.29, 0.717) is 0 Å². The highest BCUT2D eigenvalue weighted by molar-refractivity contribution is 5.07. The van der Waals surface area contributed by atoms with Gasteiger partial charge in [-0.1, -0.05) is 26.2 Å². The van der Waals surface area contributed by atoms with Crippen LogP contribution in [0.3, 0.4) is 0 Å². The van der Waals surface area contributed by atoms with E-state index in [2.05, 4.69) is 17.1 Å². The quantitative estimate of drug-likeness (QED) is 0.828. The zero-order chi connectivity index (χ0) is 14.3. The zero-order valence-electron chi connectivity index (χ0n) is 13.9. The summed E-state index contributed by atoms with van der Waals surface area (Å²) < 4.78 is 0. The lowest BCUT2D eigenvalue weighted by molar-refractivity contribution is 0.0703. The van der Waals surface area contributed by atoms with E-state index in [9.17, 15) is 0 Å². The molecule has 0 spiro atoms. The first-order valence-electron chi connectivity index (χ1n) is 9.78. The lowest BCUT2D eigenvalue weighted by Gasteiger charge is -2.45. The summed E-state index contributed by atoms with van der Waals surface area (Å²) >= 11 is 0. The van der Waals surface area contributed by atoms with E-state index >= 15 is 0 Å². The van der Waals surface area contributed by atoms with Crippen LogP contribution in [0.1, 0.15) is 71.1 Å². The fourth-order valence-corrected chi connectivity index (χ4v) is 5.29. The molecule has 21 heavy (non-hydrogen) atoms. The van der Waals surface area contributed by atoms with Crippen molar-refractivity contribution >= 4 is 0 Å². The van der Waals surface area contributed by atoms with E-state index in [-0.39, 0.29) is 0 Å². The zero-order valence-corrected chi connectivity index (χ0v) is 13.9. The number of nitrogens with one attached hydrogen (secondary N) is 1. The molecule has 4 fully saturated rings. The molecule has 0 aromatic carbocycles. The summed E-state index contributed by atoms with van der Waals surface area (Å²) in [6, 6.07) is 1.60. The number of nitrogens with zero attached hydrogens (tertiary/aromatic N) is 1. The van der Waals surface area contributed by atoms with Crippen LogP contribution in [-0.2, 0) is 0 Å². The fraction of sp³-hybridized carbons (Fsp3) is 1.00. The van der Waals surface area contributed by atoms with Crippen LogP contribution in [-0.4, -0.2) is 36.6 Å². The molecule has 3 aliphatic carbocycles. The van der Waals surface area contributed by atoms with Gasteiger partial charge >= 0.3 is 0 Å². The summed E-state index contributed by atoms with van der Waals surface area (Å²) in [5, 5.41) is 3.93. The van der Waals surface area contributed by atoms with Crippen LogP contribution >= 0.6 is 0 Å². The van der Waals surface area contributed by atoms with E-state index < -0.39 is 0 Å². The van der Waals surface area contributed by atoms with Gasteiger partial charge in [-0.25, -0.2) is 0 Å². The Morgan fingerprint density at radius 1 is 1.05 bits per heavy atom. The van der Waals surface area contributed by atoms with Gasteiger partial charge in [0.05, 0.1) is 0 Å². The summed E-state index contributed by atoms with van der Waals surface area (Å²) in [6.07, 6.45) is 14.9. The topological polar surface area (TPSA) is 15.3 Å². The molecule has 1 N–H and O–H groups in total. The molecule has 4 aliphatic rings. The van der Waals surface area contributed by atoms with Gasteiger partial charge in [0, 0.05) is 31.7 Å². The van der Waals surface area contributed by atoms with Crippen molar-refractivity contribution in [1.29, 1.82) is 0 Å². The highest BCUT2D eigenvalue weighted by Crippen LogP contribution is 2.61. The SMILES string of the molecule is CCC1CNC(C2CCCCC2)CN1CC1(C2CC2)CC1. The van der Waals surface area contributed by atoms with E-state index in [1.807, 2.05) is 0 Å². The standard InChI is InChI=1S/C19H34N2/c1-2-17-12-20-18(15-6-4-3-5-7-15)13-21(17)14-19(10-11-19)16-8-9-16/h15-18,20H,2-14H2,1H3. The van der Waals surface area contributed by atoms with Gasteiger partial charge < -0.3 is 5.32 Å². The van der Waals surface area contributed by atoms with E-state index in [1.54, 1.807) is 0 Å². The largest absolute Gasteiger partial charge is 0.311 e. The Kier molecular flexibility index (Phi) is 4.04. The molecule has 3 saturated carbocycles. The van der Waals surface area contributed by atoms with Gasteiger partial charge in [0.2, 0.25) is 0 Å². The molecule has 1 saturated heterocycles. The van der Waals surface area contributed by atoms with Crippen LogP contribution in [0.15, 0.2) is 0 Å². The maximum absolute atomic E-state index is 3.93. The van der Waals surface area contributed by atoms with Crippen molar-refractivity contribution < 1.29 is 0 Å². The third-order valence-electron chi connectivity index (χ3n) is 7.11. The van der Waals surface area contributed by atoms with Crippen molar-refractivity contribution in [2.75, 3.05) is 19.6 Å². The minimum absolute atomic E-state index is 0.780. The van der Waals surface area contributed by atoms with Gasteiger partial charge in [-0.2, -0.15) is 0 Å². The summed E-state index contributed by atoms with van der Waals surface area (Å²) in [6.45, 7) is 6.41. The normalized spacial score (nSPS) is 37.6. The molecule has 0 aromatic heterocycles. The lowest BCUT2D eigenvalue weighted by atomic mass is 9.82. The van der Waals surface area contributed by atoms with Crippen molar-refractivity contribution in [1.82, 2.24) is 10.2 Å². The smallest absolute Gasteiger partial charge is 0.0224 e. The van der Waals surface area contributed by atoms with Crippen molar-refractivity contribution in [3.05, 3.63) is 0 Å². The minimum atomic E-state index is 0.780. The van der Waals surface area contributed by atoms with Gasteiger partial charge in [0.25, 0.3) is 0 Å². The molecular weight excluding hydrogens is 256 g/mol. The number of hydrogen-bond donors (Lipinski definition) is 1. The van der Waals surface area contributed by atoms with E-state index in [1.165, 1.54) is 83.8 Å². The third kappa shape index (κ3) is 3.03. The van der Waals surface area contributed by atoms with Crippen LogP contribution in [0, 0.1) is 17.3 Å². The minimum Gasteiger partial charge on any atom is -0.311 e. The Balaban J connectivity index is 1.39. The van der Waals surface area contributed by atoms with Crippen molar-refractivity contribution in [2.24, 2.45) is 17.3 Å². The lowest BCUT2D eigenvalue weighted by Crippen LogP contribution is -2.59. The molecule has 0 radical (unpaired) electrons. The molecule has 120 valence electrons. The molecule has 0 bridgehead atoms. The van der Waals surface area contributed by atoms with Crippen molar-refractivity contribution in [2.45, 2.75) is 83.2 Å². The van der Waals surface area contributed by atoms with Crippen LogP contribution < -0.4 is 5.32 Å². The molecule has 2 heteroatoms. The predicted molar refractivity (Wildman–Crippen MR) is 88.4 cm³/mol. The maximum atomic E-state index is 3.93. The van der Waals surface area contributed by atoms with Crippen molar-refractivity contribution in [3.8, 4) is 0 Å². The molecular formula is C19H34N2. The van der Waals surface area contributed by atoms with Gasteiger partial charge in [0.1, 0.15) is 0 Å². The number of rotatable bonds is 5. The monoisotopic (exact) mass is 290 g/mol. The summed E-state index contributed by atoms with van der Waals surface area (Å²) in [5.74, 6) is 2.08. The highest BCUT2D eigenvalue weighted by Gasteiger charge is 2.55. The molecule has 0 aromatic rings. The number of hydrogen-bond acceptors (Lipinski definition) is 2. The Labute approximate surface area is 131 Å². The fourth-order valence-electron chi connectivity index (χ4n) is 5.29. The Morgan fingerprint density at radius 3 is 2.43 bits per heavy atom. The van der Waals surface area contributed by atoms with Crippen LogP contribution in [0.4, 0.5) is 0 Å². The molecule has 1 heterocycles. The number of piperazine rings is 1. The Morgan fingerprint density at radius 2 is 1.81 bits per heavy atom. The van der Waals surface area contributed by atoms with Crippen LogP contribution in [0.2, 0.25) is 0 Å². The van der Waals surface area contributed by atoms with Crippen LogP contribution in [0.25, 0.3) is 0 Å². The van der Waals surface area contributed by atoms with Gasteiger partial charge in [-0.3, -0.25) is 4.90 Å². The summed E-state index contributed by atoms with van der Waals surface area (Å²) in [7, 11) is 0. The second kappa shape index (κ2) is 5.85. The molecule has 2 unspecified atom stereocenters. The third-order valence-corrected chi connectivity index (χ3v) is 7.11. The van der Waals surface area contributed by atoms with Gasteiger partial charge in [-0.05, 0) is 62.2 Å². The highest BCUT2D eigenvalue weighted by atomic mass is 15.2. The second-order valence-electron chi connectivity index (χ2n) is 8.54. The first kappa shape index (κ1) is 14.5. The van der Waals surface area contributed by atoms with E-state index in [0.717, 1.165) is 29.3 Å². The first-order valence-corrected chi connectivity index (χ1v) is 9.78. The molecule has 4 rings (SSSR count).